The van der Waals surface area contributed by atoms with E-state index in [-0.39, 0.29) is 6.29 Å². The van der Waals surface area contributed by atoms with Crippen LogP contribution >= 0.6 is 7.60 Å². The average molecular weight is 215 g/mol. The summed E-state index contributed by atoms with van der Waals surface area (Å²) in [5.74, 6) is 0.413. The number of hydrogen-bond donors (Lipinski definition) is 2. The third-order valence-corrected chi connectivity index (χ3v) is 2.67. The van der Waals surface area contributed by atoms with Gasteiger partial charge in [-0.2, -0.15) is 0 Å². The molecular weight excluding hydrogens is 201 g/mol. The van der Waals surface area contributed by atoms with Gasteiger partial charge >= 0.3 is 7.60 Å². The zero-order chi connectivity index (χ0) is 10.4. The first-order chi connectivity index (χ1) is 6.64. The highest BCUT2D eigenvalue weighted by Crippen LogP contribution is 2.40. The molecule has 0 aromatic heterocycles. The van der Waals surface area contributed by atoms with E-state index in [2.05, 4.69) is 5.32 Å². The molecule has 0 fully saturated rings. The fourth-order valence-corrected chi connectivity index (χ4v) is 1.95. The van der Waals surface area contributed by atoms with E-state index in [1.807, 2.05) is 13.0 Å². The lowest BCUT2D eigenvalue weighted by Gasteiger charge is -2.13. The third-order valence-electron chi connectivity index (χ3n) is 1.55. The molecule has 0 spiro atoms. The van der Waals surface area contributed by atoms with E-state index in [1.54, 1.807) is 24.3 Å². The SMILES string of the molecule is CCNCP(=O)(O)Oc1ccccc1. The van der Waals surface area contributed by atoms with Gasteiger partial charge in [0.2, 0.25) is 0 Å². The van der Waals surface area contributed by atoms with E-state index < -0.39 is 7.60 Å². The fourth-order valence-electron chi connectivity index (χ4n) is 0.931. The molecule has 1 atom stereocenters. The van der Waals surface area contributed by atoms with Gasteiger partial charge in [0.1, 0.15) is 12.0 Å². The highest BCUT2D eigenvalue weighted by molar-refractivity contribution is 7.53. The van der Waals surface area contributed by atoms with Gasteiger partial charge in [0.25, 0.3) is 0 Å². The monoisotopic (exact) mass is 215 g/mol. The van der Waals surface area contributed by atoms with E-state index in [9.17, 15) is 9.46 Å². The topological polar surface area (TPSA) is 58.6 Å². The van der Waals surface area contributed by atoms with Gasteiger partial charge in [-0.15, -0.1) is 0 Å². The van der Waals surface area contributed by atoms with Gasteiger partial charge in [-0.3, -0.25) is 0 Å². The van der Waals surface area contributed by atoms with Crippen LogP contribution in [0.15, 0.2) is 30.3 Å². The molecule has 0 aliphatic carbocycles. The normalized spacial score (nSPS) is 14.7. The third kappa shape index (κ3) is 3.92. The summed E-state index contributed by atoms with van der Waals surface area (Å²) in [6.45, 7) is 2.51. The Balaban J connectivity index is 2.55. The summed E-state index contributed by atoms with van der Waals surface area (Å²) < 4.78 is 16.4. The van der Waals surface area contributed by atoms with Crippen LogP contribution in [-0.4, -0.2) is 17.7 Å². The van der Waals surface area contributed by atoms with Gasteiger partial charge < -0.3 is 14.7 Å². The Morgan fingerprint density at radius 3 is 2.64 bits per heavy atom. The van der Waals surface area contributed by atoms with Gasteiger partial charge in [0.05, 0.1) is 0 Å². The lowest BCUT2D eigenvalue weighted by molar-refractivity contribution is 0.375. The first-order valence-electron chi connectivity index (χ1n) is 4.41. The lowest BCUT2D eigenvalue weighted by atomic mass is 10.3. The quantitative estimate of drug-likeness (QED) is 0.735. The fraction of sp³-hybridized carbons (Fsp3) is 0.333. The van der Waals surface area contributed by atoms with Crippen LogP contribution in [0.25, 0.3) is 0 Å². The molecule has 1 unspecified atom stereocenters. The molecule has 14 heavy (non-hydrogen) atoms. The van der Waals surface area contributed by atoms with E-state index in [1.165, 1.54) is 0 Å². The first-order valence-corrected chi connectivity index (χ1v) is 6.17. The summed E-state index contributed by atoms with van der Waals surface area (Å²) >= 11 is 0. The Labute approximate surface area is 83.4 Å². The Morgan fingerprint density at radius 1 is 1.43 bits per heavy atom. The molecule has 4 nitrogen and oxygen atoms in total. The van der Waals surface area contributed by atoms with Gasteiger partial charge in [0.15, 0.2) is 0 Å². The van der Waals surface area contributed by atoms with Crippen LogP contribution in [0.5, 0.6) is 5.75 Å². The largest absolute Gasteiger partial charge is 0.424 e. The van der Waals surface area contributed by atoms with Crippen molar-refractivity contribution in [3.05, 3.63) is 30.3 Å². The Morgan fingerprint density at radius 2 is 2.07 bits per heavy atom. The summed E-state index contributed by atoms with van der Waals surface area (Å²) in [6.07, 6.45) is -0.0294. The molecule has 0 saturated carbocycles. The molecule has 0 radical (unpaired) electrons. The number of benzene rings is 1. The zero-order valence-electron chi connectivity index (χ0n) is 8.01. The van der Waals surface area contributed by atoms with Crippen molar-refractivity contribution in [1.29, 1.82) is 0 Å². The maximum Gasteiger partial charge on any atom is 0.390 e. The molecule has 0 amide bonds. The molecule has 1 rings (SSSR count). The standard InChI is InChI=1S/C9H14NO3P/c1-2-10-8-14(11,12)13-9-6-4-3-5-7-9/h3-7,10H,2,8H2,1H3,(H,11,12). The van der Waals surface area contributed by atoms with Crippen LogP contribution in [-0.2, 0) is 4.57 Å². The summed E-state index contributed by atoms with van der Waals surface area (Å²) in [5.41, 5.74) is 0. The highest BCUT2D eigenvalue weighted by atomic mass is 31.2. The van der Waals surface area contributed by atoms with E-state index in [4.69, 9.17) is 4.52 Å². The Kier molecular flexibility index (Phi) is 4.14. The predicted molar refractivity (Wildman–Crippen MR) is 55.4 cm³/mol. The van der Waals surface area contributed by atoms with Gasteiger partial charge in [-0.1, -0.05) is 25.1 Å². The molecular formula is C9H14NO3P. The molecule has 0 bridgehead atoms. The van der Waals surface area contributed by atoms with Crippen molar-refractivity contribution < 1.29 is 14.0 Å². The minimum absolute atomic E-state index is 0.0294. The summed E-state index contributed by atoms with van der Waals surface area (Å²) in [7, 11) is -3.54. The van der Waals surface area contributed by atoms with Crippen LogP contribution in [0.3, 0.4) is 0 Å². The summed E-state index contributed by atoms with van der Waals surface area (Å²) in [4.78, 5) is 9.37. The zero-order valence-corrected chi connectivity index (χ0v) is 8.91. The smallest absolute Gasteiger partial charge is 0.390 e. The van der Waals surface area contributed by atoms with Crippen molar-refractivity contribution in [1.82, 2.24) is 5.32 Å². The molecule has 2 N–H and O–H groups in total. The van der Waals surface area contributed by atoms with Crippen molar-refractivity contribution in [2.24, 2.45) is 0 Å². The minimum Gasteiger partial charge on any atom is -0.424 e. The van der Waals surface area contributed by atoms with Gasteiger partial charge in [-0.25, -0.2) is 4.57 Å². The lowest BCUT2D eigenvalue weighted by Crippen LogP contribution is -2.16. The summed E-state index contributed by atoms with van der Waals surface area (Å²) in [6, 6.07) is 8.62. The maximum atomic E-state index is 11.4. The predicted octanol–water partition coefficient (Wildman–Crippen LogP) is 1.82. The second-order valence-corrected chi connectivity index (χ2v) is 4.58. The van der Waals surface area contributed by atoms with E-state index >= 15 is 0 Å². The van der Waals surface area contributed by atoms with Crippen molar-refractivity contribution in [3.63, 3.8) is 0 Å². The number of hydrogen-bond acceptors (Lipinski definition) is 3. The van der Waals surface area contributed by atoms with E-state index in [0.717, 1.165) is 0 Å². The Bertz CT molecular complexity index is 315. The number of para-hydroxylation sites is 1. The molecule has 78 valence electrons. The molecule has 0 saturated heterocycles. The van der Waals surface area contributed by atoms with Crippen LogP contribution in [0.2, 0.25) is 0 Å². The van der Waals surface area contributed by atoms with Crippen LogP contribution in [0.1, 0.15) is 6.92 Å². The van der Waals surface area contributed by atoms with Gasteiger partial charge in [-0.05, 0) is 18.7 Å². The second-order valence-electron chi connectivity index (χ2n) is 2.80. The van der Waals surface area contributed by atoms with Gasteiger partial charge in [0, 0.05) is 0 Å². The molecule has 1 aromatic rings. The van der Waals surface area contributed by atoms with Crippen LogP contribution in [0.4, 0.5) is 0 Å². The first kappa shape index (κ1) is 11.2. The average Bonchev–Trinajstić information content (AvgIpc) is 2.16. The summed E-state index contributed by atoms with van der Waals surface area (Å²) in [5, 5.41) is 2.77. The molecule has 0 heterocycles. The van der Waals surface area contributed by atoms with Crippen molar-refractivity contribution >= 4 is 7.60 Å². The van der Waals surface area contributed by atoms with Crippen LogP contribution in [0, 0.1) is 0 Å². The van der Waals surface area contributed by atoms with Crippen LogP contribution < -0.4 is 9.84 Å². The highest BCUT2D eigenvalue weighted by Gasteiger charge is 2.19. The second kappa shape index (κ2) is 5.15. The Hall–Kier alpha value is -0.830. The molecule has 0 aliphatic heterocycles. The number of rotatable bonds is 5. The molecule has 5 heteroatoms. The van der Waals surface area contributed by atoms with Crippen molar-refractivity contribution in [3.8, 4) is 5.75 Å². The number of nitrogens with one attached hydrogen (secondary N) is 1. The van der Waals surface area contributed by atoms with Crippen molar-refractivity contribution in [2.45, 2.75) is 6.92 Å². The van der Waals surface area contributed by atoms with Crippen molar-refractivity contribution in [2.75, 3.05) is 12.8 Å². The van der Waals surface area contributed by atoms with E-state index in [0.29, 0.717) is 12.3 Å². The molecule has 0 aliphatic rings. The maximum absolute atomic E-state index is 11.4. The molecule has 1 aromatic carbocycles. The minimum atomic E-state index is -3.54.